The average Bonchev–Trinajstić information content (AvgIpc) is 3.07. The summed E-state index contributed by atoms with van der Waals surface area (Å²) in [6.45, 7) is 2.17. The first-order chi connectivity index (χ1) is 12.7. The van der Waals surface area contributed by atoms with Gasteiger partial charge in [-0.25, -0.2) is 9.37 Å². The Morgan fingerprint density at radius 3 is 2.88 bits per heavy atom. The van der Waals surface area contributed by atoms with Crippen LogP contribution in [0.3, 0.4) is 0 Å². The molecule has 2 atom stereocenters. The van der Waals surface area contributed by atoms with Crippen LogP contribution in [0.15, 0.2) is 42.6 Å². The van der Waals surface area contributed by atoms with Gasteiger partial charge in [-0.1, -0.05) is 18.6 Å². The summed E-state index contributed by atoms with van der Waals surface area (Å²) in [7, 11) is 0. The number of hydrogen-bond acceptors (Lipinski definition) is 4. The number of pyridine rings is 1. The van der Waals surface area contributed by atoms with E-state index in [2.05, 4.69) is 20.5 Å². The van der Waals surface area contributed by atoms with Crippen LogP contribution in [0.4, 0.5) is 15.9 Å². The molecule has 0 unspecified atom stereocenters. The highest BCUT2D eigenvalue weighted by atomic mass is 19.1. The van der Waals surface area contributed by atoms with Gasteiger partial charge in [0.15, 0.2) is 0 Å². The smallest absolute Gasteiger partial charge is 0.255 e. The van der Waals surface area contributed by atoms with Crippen LogP contribution in [0.5, 0.6) is 0 Å². The average molecular weight is 354 g/mol. The number of carbonyl (C=O) groups is 1. The van der Waals surface area contributed by atoms with E-state index in [1.54, 1.807) is 36.5 Å². The Labute approximate surface area is 152 Å². The van der Waals surface area contributed by atoms with Gasteiger partial charge in [-0.3, -0.25) is 9.69 Å². The van der Waals surface area contributed by atoms with Crippen molar-refractivity contribution in [1.82, 2.24) is 15.2 Å². The lowest BCUT2D eigenvalue weighted by Gasteiger charge is -2.32. The van der Waals surface area contributed by atoms with Crippen molar-refractivity contribution in [2.75, 3.05) is 18.4 Å². The molecule has 0 aliphatic carbocycles. The third-order valence-electron chi connectivity index (χ3n) is 5.35. The Morgan fingerprint density at radius 2 is 2.00 bits per heavy atom. The molecular formula is C20H23FN4O. The van der Waals surface area contributed by atoms with Crippen molar-refractivity contribution in [1.29, 1.82) is 0 Å². The molecule has 3 heterocycles. The van der Waals surface area contributed by atoms with Crippen molar-refractivity contribution in [3.05, 3.63) is 54.0 Å². The van der Waals surface area contributed by atoms with E-state index in [1.165, 1.54) is 18.9 Å². The molecule has 0 bridgehead atoms. The number of aromatic nitrogens is 1. The molecule has 0 spiro atoms. The van der Waals surface area contributed by atoms with Crippen LogP contribution >= 0.6 is 0 Å². The fourth-order valence-corrected chi connectivity index (χ4v) is 4.04. The predicted octanol–water partition coefficient (Wildman–Crippen LogP) is 3.32. The Bertz CT molecular complexity index is 797. The maximum absolute atomic E-state index is 13.9. The van der Waals surface area contributed by atoms with Gasteiger partial charge in [-0.15, -0.1) is 0 Å². The summed E-state index contributed by atoms with van der Waals surface area (Å²) in [6.07, 6.45) is 6.18. The van der Waals surface area contributed by atoms with Gasteiger partial charge in [0.05, 0.1) is 11.3 Å². The number of benzene rings is 1. The number of piperidine rings is 1. The van der Waals surface area contributed by atoms with Crippen LogP contribution in [0, 0.1) is 5.82 Å². The predicted molar refractivity (Wildman–Crippen MR) is 99.0 cm³/mol. The number of halogens is 1. The van der Waals surface area contributed by atoms with Crippen molar-refractivity contribution in [2.45, 2.75) is 37.8 Å². The number of para-hydroxylation sites is 1. The highest BCUT2D eigenvalue weighted by Gasteiger charge is 2.36. The number of rotatable bonds is 4. The second-order valence-electron chi connectivity index (χ2n) is 6.97. The molecule has 2 fully saturated rings. The van der Waals surface area contributed by atoms with Crippen LogP contribution in [-0.2, 0) is 0 Å². The van der Waals surface area contributed by atoms with Crippen LogP contribution in [0.1, 0.15) is 36.0 Å². The van der Waals surface area contributed by atoms with E-state index in [-0.39, 0.29) is 17.8 Å². The molecule has 2 N–H and O–H groups in total. The Kier molecular flexibility index (Phi) is 4.84. The van der Waals surface area contributed by atoms with Crippen LogP contribution < -0.4 is 10.6 Å². The molecule has 1 aromatic carbocycles. The van der Waals surface area contributed by atoms with E-state index in [9.17, 15) is 9.18 Å². The zero-order valence-corrected chi connectivity index (χ0v) is 14.6. The summed E-state index contributed by atoms with van der Waals surface area (Å²) in [5.41, 5.74) is 0.740. The van der Waals surface area contributed by atoms with Crippen molar-refractivity contribution in [2.24, 2.45) is 0 Å². The van der Waals surface area contributed by atoms with Gasteiger partial charge in [0.1, 0.15) is 11.6 Å². The normalized spacial score (nSPS) is 22.7. The molecule has 2 aliphatic rings. The second-order valence-corrected chi connectivity index (χ2v) is 6.97. The number of nitrogens with one attached hydrogen (secondary N) is 2. The zero-order chi connectivity index (χ0) is 17.9. The van der Waals surface area contributed by atoms with E-state index >= 15 is 0 Å². The molecule has 0 saturated carbocycles. The lowest BCUT2D eigenvalue weighted by molar-refractivity contribution is 0.0916. The maximum Gasteiger partial charge on any atom is 0.255 e. The van der Waals surface area contributed by atoms with E-state index in [0.717, 1.165) is 25.9 Å². The van der Waals surface area contributed by atoms with Crippen LogP contribution in [0.25, 0.3) is 0 Å². The van der Waals surface area contributed by atoms with Gasteiger partial charge in [0.2, 0.25) is 0 Å². The number of amides is 1. The van der Waals surface area contributed by atoms with Crippen LogP contribution in [0.2, 0.25) is 0 Å². The lowest BCUT2D eigenvalue weighted by Crippen LogP contribution is -2.46. The number of nitrogens with zero attached hydrogens (tertiary/aromatic N) is 2. The van der Waals surface area contributed by atoms with E-state index in [4.69, 9.17) is 0 Å². The van der Waals surface area contributed by atoms with Crippen molar-refractivity contribution in [3.63, 3.8) is 0 Å². The minimum atomic E-state index is -0.377. The van der Waals surface area contributed by atoms with Gasteiger partial charge in [-0.05, 0) is 50.1 Å². The zero-order valence-electron chi connectivity index (χ0n) is 14.6. The molecule has 5 nitrogen and oxygen atoms in total. The largest absolute Gasteiger partial charge is 0.348 e. The fourth-order valence-electron chi connectivity index (χ4n) is 4.04. The SMILES string of the molecule is O=C(N[C@H]1CCN2CCCC[C@H]12)c1cccnc1Nc1ccccc1F. The quantitative estimate of drug-likeness (QED) is 0.884. The van der Waals surface area contributed by atoms with Gasteiger partial charge in [-0.2, -0.15) is 0 Å². The summed E-state index contributed by atoms with van der Waals surface area (Å²) >= 11 is 0. The lowest BCUT2D eigenvalue weighted by atomic mass is 9.99. The summed E-state index contributed by atoms with van der Waals surface area (Å²) in [5, 5.41) is 6.13. The first-order valence-electron chi connectivity index (χ1n) is 9.24. The molecule has 4 rings (SSSR count). The Balaban J connectivity index is 1.51. The van der Waals surface area contributed by atoms with E-state index in [1.807, 2.05) is 0 Å². The second kappa shape index (κ2) is 7.41. The summed E-state index contributed by atoms with van der Waals surface area (Å²) in [5.74, 6) is -0.166. The van der Waals surface area contributed by atoms with Crippen LogP contribution in [-0.4, -0.2) is 41.0 Å². The number of anilines is 2. The molecule has 26 heavy (non-hydrogen) atoms. The number of fused-ring (bicyclic) bond motifs is 1. The first kappa shape index (κ1) is 17.0. The van der Waals surface area contributed by atoms with Crippen molar-refractivity contribution in [3.8, 4) is 0 Å². The van der Waals surface area contributed by atoms with Crippen molar-refractivity contribution < 1.29 is 9.18 Å². The molecular weight excluding hydrogens is 331 g/mol. The Hall–Kier alpha value is -2.47. The topological polar surface area (TPSA) is 57.3 Å². The minimum absolute atomic E-state index is 0.158. The minimum Gasteiger partial charge on any atom is -0.348 e. The standard InChI is InChI=1S/C20H23FN4O/c21-15-7-1-2-8-16(15)23-19-14(6-5-11-22-19)20(26)24-17-10-13-25-12-4-3-9-18(17)25/h1-2,5-8,11,17-18H,3-4,9-10,12-13H2,(H,22,23)(H,24,26)/t17-,18+/m0/s1. The monoisotopic (exact) mass is 354 g/mol. The molecule has 2 aromatic rings. The Morgan fingerprint density at radius 1 is 1.12 bits per heavy atom. The third-order valence-corrected chi connectivity index (χ3v) is 5.35. The summed E-state index contributed by atoms with van der Waals surface area (Å²) in [4.78, 5) is 19.6. The van der Waals surface area contributed by atoms with E-state index in [0.29, 0.717) is 23.1 Å². The van der Waals surface area contributed by atoms with Gasteiger partial charge >= 0.3 is 0 Å². The molecule has 1 aromatic heterocycles. The first-order valence-corrected chi connectivity index (χ1v) is 9.24. The highest BCUT2D eigenvalue weighted by molar-refractivity contribution is 5.99. The van der Waals surface area contributed by atoms with Gasteiger partial charge in [0.25, 0.3) is 5.91 Å². The fraction of sp³-hybridized carbons (Fsp3) is 0.400. The van der Waals surface area contributed by atoms with Crippen molar-refractivity contribution >= 4 is 17.4 Å². The molecule has 1 amide bonds. The highest BCUT2D eigenvalue weighted by Crippen LogP contribution is 2.28. The molecule has 136 valence electrons. The number of carbonyl (C=O) groups excluding carboxylic acids is 1. The molecule has 6 heteroatoms. The maximum atomic E-state index is 13.9. The van der Waals surface area contributed by atoms with E-state index < -0.39 is 0 Å². The summed E-state index contributed by atoms with van der Waals surface area (Å²) in [6, 6.07) is 10.4. The van der Waals surface area contributed by atoms with Gasteiger partial charge < -0.3 is 10.6 Å². The molecule has 2 saturated heterocycles. The van der Waals surface area contributed by atoms with Gasteiger partial charge in [0, 0.05) is 24.8 Å². The number of hydrogen-bond donors (Lipinski definition) is 2. The summed E-state index contributed by atoms with van der Waals surface area (Å²) < 4.78 is 13.9. The molecule has 2 aliphatic heterocycles. The molecule has 0 radical (unpaired) electrons. The third kappa shape index (κ3) is 3.42.